The molecule has 1 aliphatic rings. The van der Waals surface area contributed by atoms with Crippen LogP contribution in [0.5, 0.6) is 5.75 Å². The molecule has 1 amide bonds. The number of nitrogens with zero attached hydrogens (tertiary/aromatic N) is 2. The molecule has 0 N–H and O–H groups in total. The molecule has 98 valence electrons. The van der Waals surface area contributed by atoms with Gasteiger partial charge in [0.2, 0.25) is 0 Å². The maximum Gasteiger partial charge on any atom is 0.257 e. The van der Waals surface area contributed by atoms with Gasteiger partial charge in [-0.05, 0) is 26.1 Å². The molecular formula is C14H20N2O2. The van der Waals surface area contributed by atoms with Crippen LogP contribution >= 0.6 is 0 Å². The molecule has 0 bridgehead atoms. The first-order valence-corrected chi connectivity index (χ1v) is 6.42. The maximum atomic E-state index is 12.4. The molecule has 1 aromatic rings. The number of para-hydroxylation sites is 1. The van der Waals surface area contributed by atoms with Crippen LogP contribution in [-0.2, 0) is 0 Å². The Morgan fingerprint density at radius 3 is 2.56 bits per heavy atom. The van der Waals surface area contributed by atoms with E-state index in [-0.39, 0.29) is 5.91 Å². The zero-order valence-corrected chi connectivity index (χ0v) is 11.1. The zero-order chi connectivity index (χ0) is 13.0. The zero-order valence-electron chi connectivity index (χ0n) is 11.1. The van der Waals surface area contributed by atoms with Gasteiger partial charge in [0.05, 0.1) is 12.2 Å². The van der Waals surface area contributed by atoms with Crippen molar-refractivity contribution in [2.45, 2.75) is 6.92 Å². The first-order valence-electron chi connectivity index (χ1n) is 6.42. The van der Waals surface area contributed by atoms with E-state index in [1.807, 2.05) is 36.1 Å². The average Bonchev–Trinajstić information content (AvgIpc) is 2.40. The number of benzene rings is 1. The summed E-state index contributed by atoms with van der Waals surface area (Å²) in [5.41, 5.74) is 0.670. The fraction of sp³-hybridized carbons (Fsp3) is 0.500. The van der Waals surface area contributed by atoms with Gasteiger partial charge in [-0.25, -0.2) is 0 Å². The molecule has 1 saturated heterocycles. The summed E-state index contributed by atoms with van der Waals surface area (Å²) in [7, 11) is 2.08. The molecule has 1 aromatic carbocycles. The summed E-state index contributed by atoms with van der Waals surface area (Å²) in [4.78, 5) is 16.6. The Labute approximate surface area is 108 Å². The minimum Gasteiger partial charge on any atom is -0.493 e. The van der Waals surface area contributed by atoms with Crippen molar-refractivity contribution in [1.82, 2.24) is 9.80 Å². The van der Waals surface area contributed by atoms with E-state index in [2.05, 4.69) is 11.9 Å². The van der Waals surface area contributed by atoms with Gasteiger partial charge in [-0.1, -0.05) is 12.1 Å². The van der Waals surface area contributed by atoms with E-state index in [9.17, 15) is 4.79 Å². The summed E-state index contributed by atoms with van der Waals surface area (Å²) >= 11 is 0. The standard InChI is InChI=1S/C14H20N2O2/c1-3-18-13-7-5-4-6-12(13)14(17)16-10-8-15(2)9-11-16/h4-7H,3,8-11H2,1-2H3. The fourth-order valence-electron chi connectivity index (χ4n) is 2.10. The molecule has 0 radical (unpaired) electrons. The molecule has 1 fully saturated rings. The Hall–Kier alpha value is -1.55. The number of rotatable bonds is 3. The molecule has 4 heteroatoms. The summed E-state index contributed by atoms with van der Waals surface area (Å²) in [6, 6.07) is 7.47. The lowest BCUT2D eigenvalue weighted by atomic mass is 10.1. The van der Waals surface area contributed by atoms with E-state index in [1.165, 1.54) is 0 Å². The number of piperazine rings is 1. The Bertz CT molecular complexity index is 412. The van der Waals surface area contributed by atoms with E-state index < -0.39 is 0 Å². The highest BCUT2D eigenvalue weighted by Crippen LogP contribution is 2.20. The third-order valence-corrected chi connectivity index (χ3v) is 3.21. The minimum absolute atomic E-state index is 0.0761. The monoisotopic (exact) mass is 248 g/mol. The predicted octanol–water partition coefficient (Wildman–Crippen LogP) is 1.47. The van der Waals surface area contributed by atoms with Crippen LogP contribution < -0.4 is 4.74 Å². The van der Waals surface area contributed by atoms with Crippen molar-refractivity contribution < 1.29 is 9.53 Å². The van der Waals surface area contributed by atoms with Gasteiger partial charge < -0.3 is 14.5 Å². The van der Waals surface area contributed by atoms with Crippen LogP contribution in [0.1, 0.15) is 17.3 Å². The third-order valence-electron chi connectivity index (χ3n) is 3.21. The molecule has 2 rings (SSSR count). The second-order valence-corrected chi connectivity index (χ2v) is 4.52. The fourth-order valence-corrected chi connectivity index (χ4v) is 2.10. The summed E-state index contributed by atoms with van der Waals surface area (Å²) in [5.74, 6) is 0.760. The Morgan fingerprint density at radius 2 is 1.89 bits per heavy atom. The normalized spacial score (nSPS) is 16.7. The minimum atomic E-state index is 0.0761. The van der Waals surface area contributed by atoms with Gasteiger partial charge in [-0.15, -0.1) is 0 Å². The van der Waals surface area contributed by atoms with Gasteiger partial charge in [-0.3, -0.25) is 4.79 Å². The third kappa shape index (κ3) is 2.82. The lowest BCUT2D eigenvalue weighted by Gasteiger charge is -2.32. The lowest BCUT2D eigenvalue weighted by molar-refractivity contribution is 0.0660. The molecular weight excluding hydrogens is 228 g/mol. The van der Waals surface area contributed by atoms with Gasteiger partial charge in [0.1, 0.15) is 5.75 Å². The summed E-state index contributed by atoms with van der Waals surface area (Å²) < 4.78 is 5.51. The first kappa shape index (κ1) is 12.9. The van der Waals surface area contributed by atoms with Crippen molar-refractivity contribution in [3.8, 4) is 5.75 Å². The van der Waals surface area contributed by atoms with Crippen molar-refractivity contribution in [3.63, 3.8) is 0 Å². The molecule has 0 unspecified atom stereocenters. The molecule has 4 nitrogen and oxygen atoms in total. The molecule has 0 atom stereocenters. The second kappa shape index (κ2) is 5.87. The van der Waals surface area contributed by atoms with Crippen molar-refractivity contribution in [3.05, 3.63) is 29.8 Å². The van der Waals surface area contributed by atoms with Gasteiger partial charge in [0.25, 0.3) is 5.91 Å². The highest BCUT2D eigenvalue weighted by molar-refractivity contribution is 5.97. The largest absolute Gasteiger partial charge is 0.493 e. The number of likely N-dealkylation sites (N-methyl/N-ethyl adjacent to an activating group) is 1. The topological polar surface area (TPSA) is 32.8 Å². The Morgan fingerprint density at radius 1 is 1.22 bits per heavy atom. The number of ether oxygens (including phenoxy) is 1. The van der Waals surface area contributed by atoms with E-state index in [0.717, 1.165) is 26.2 Å². The van der Waals surface area contributed by atoms with Crippen LogP contribution in [0.15, 0.2) is 24.3 Å². The molecule has 18 heavy (non-hydrogen) atoms. The lowest BCUT2D eigenvalue weighted by Crippen LogP contribution is -2.47. The van der Waals surface area contributed by atoms with E-state index in [0.29, 0.717) is 17.9 Å². The summed E-state index contributed by atoms with van der Waals surface area (Å²) in [6.45, 7) is 5.95. The molecule has 0 saturated carbocycles. The quantitative estimate of drug-likeness (QED) is 0.812. The smallest absolute Gasteiger partial charge is 0.257 e. The number of amides is 1. The molecule has 0 spiro atoms. The number of hydrogen-bond donors (Lipinski definition) is 0. The molecule has 0 aromatic heterocycles. The van der Waals surface area contributed by atoms with Crippen molar-refractivity contribution >= 4 is 5.91 Å². The first-order chi connectivity index (χ1) is 8.72. The van der Waals surface area contributed by atoms with Crippen LogP contribution in [-0.4, -0.2) is 55.5 Å². The van der Waals surface area contributed by atoms with Crippen LogP contribution in [0.4, 0.5) is 0 Å². The van der Waals surface area contributed by atoms with E-state index >= 15 is 0 Å². The van der Waals surface area contributed by atoms with Crippen LogP contribution in [0.3, 0.4) is 0 Å². The van der Waals surface area contributed by atoms with E-state index in [1.54, 1.807) is 0 Å². The maximum absolute atomic E-state index is 12.4. The van der Waals surface area contributed by atoms with Crippen molar-refractivity contribution in [2.24, 2.45) is 0 Å². The Kier molecular flexibility index (Phi) is 4.20. The molecule has 1 heterocycles. The molecule has 0 aliphatic carbocycles. The number of hydrogen-bond acceptors (Lipinski definition) is 3. The van der Waals surface area contributed by atoms with Gasteiger partial charge >= 0.3 is 0 Å². The second-order valence-electron chi connectivity index (χ2n) is 4.52. The Balaban J connectivity index is 2.13. The van der Waals surface area contributed by atoms with Gasteiger partial charge in [0.15, 0.2) is 0 Å². The summed E-state index contributed by atoms with van der Waals surface area (Å²) in [6.07, 6.45) is 0. The van der Waals surface area contributed by atoms with E-state index in [4.69, 9.17) is 4.74 Å². The van der Waals surface area contributed by atoms with Gasteiger partial charge in [-0.2, -0.15) is 0 Å². The SMILES string of the molecule is CCOc1ccccc1C(=O)N1CCN(C)CC1. The number of carbonyl (C=O) groups is 1. The number of carbonyl (C=O) groups excluding carboxylic acids is 1. The average molecular weight is 248 g/mol. The highest BCUT2D eigenvalue weighted by atomic mass is 16.5. The van der Waals surface area contributed by atoms with Crippen LogP contribution in [0, 0.1) is 0 Å². The highest BCUT2D eigenvalue weighted by Gasteiger charge is 2.22. The van der Waals surface area contributed by atoms with Crippen molar-refractivity contribution in [2.75, 3.05) is 39.8 Å². The summed E-state index contributed by atoms with van der Waals surface area (Å²) in [5, 5.41) is 0. The van der Waals surface area contributed by atoms with Gasteiger partial charge in [0, 0.05) is 26.2 Å². The predicted molar refractivity (Wildman–Crippen MR) is 71.0 cm³/mol. The van der Waals surface area contributed by atoms with Crippen LogP contribution in [0.2, 0.25) is 0 Å². The molecule has 1 aliphatic heterocycles. The van der Waals surface area contributed by atoms with Crippen molar-refractivity contribution in [1.29, 1.82) is 0 Å². The van der Waals surface area contributed by atoms with Crippen LogP contribution in [0.25, 0.3) is 0 Å².